The number of sulfonamides is 1. The number of nitrogens with zero attached hydrogens (tertiary/aromatic N) is 3. The molecule has 1 amide bonds. The highest BCUT2D eigenvalue weighted by Gasteiger charge is 2.49. The fourth-order valence-corrected chi connectivity index (χ4v) is 9.54. The van der Waals surface area contributed by atoms with E-state index in [0.29, 0.717) is 42.6 Å². The second-order valence-corrected chi connectivity index (χ2v) is 16.4. The summed E-state index contributed by atoms with van der Waals surface area (Å²) in [6.07, 6.45) is 10.2. The largest absolute Gasteiger partial charge is 0.490 e. The van der Waals surface area contributed by atoms with Gasteiger partial charge in [0.15, 0.2) is 0 Å². The molecule has 1 aromatic heterocycles. The number of amides is 1. The standard InChI is InChI=1S/C36H41ClN4O5S/c1-23-6-3-16-36(43,33-8-5-17-38-39-33)30-12-9-27(30)20-41-21-35(15-4-7-25-18-28(37)11-13-29(25)35)22-46-32-14-10-26(19-31(32)41)34(42)40-47(44,45)24(23)2/h3,5,8,10-11,13-14,16-19,23-24,27,30,43H,4,6-7,9,12,15,20-22H2,1-2H3,(H,40,42)/b16-3+/t23-,24+,27-,30+,35-,36-/m0/s1. The van der Waals surface area contributed by atoms with Crippen molar-refractivity contribution in [3.8, 4) is 5.75 Å². The Morgan fingerprint density at radius 1 is 1.13 bits per heavy atom. The third-order valence-corrected chi connectivity index (χ3v) is 13.3. The van der Waals surface area contributed by atoms with Gasteiger partial charge in [0.2, 0.25) is 10.0 Å². The molecule has 2 aliphatic heterocycles. The van der Waals surface area contributed by atoms with Crippen LogP contribution in [0, 0.1) is 17.8 Å². The van der Waals surface area contributed by atoms with Crippen LogP contribution >= 0.6 is 11.6 Å². The molecule has 2 aliphatic carbocycles. The summed E-state index contributed by atoms with van der Waals surface area (Å²) in [5.41, 5.74) is 2.21. The summed E-state index contributed by atoms with van der Waals surface area (Å²) in [6, 6.07) is 14.9. The normalized spacial score (nSPS) is 32.5. The molecule has 11 heteroatoms. The van der Waals surface area contributed by atoms with E-state index >= 15 is 0 Å². The van der Waals surface area contributed by atoms with Crippen molar-refractivity contribution in [2.24, 2.45) is 17.8 Å². The quantitative estimate of drug-likeness (QED) is 0.322. The number of ether oxygens (including phenoxy) is 1. The molecule has 3 aromatic rings. The van der Waals surface area contributed by atoms with Gasteiger partial charge >= 0.3 is 0 Å². The summed E-state index contributed by atoms with van der Waals surface area (Å²) in [5.74, 6) is -0.388. The fraction of sp³-hybridized carbons (Fsp3) is 0.472. The Morgan fingerprint density at radius 3 is 2.74 bits per heavy atom. The molecule has 2 aromatic carbocycles. The molecule has 6 atom stereocenters. The summed E-state index contributed by atoms with van der Waals surface area (Å²) in [7, 11) is -4.00. The lowest BCUT2D eigenvalue weighted by Gasteiger charge is -2.48. The molecule has 4 aliphatic rings. The van der Waals surface area contributed by atoms with Crippen molar-refractivity contribution >= 4 is 33.2 Å². The number of hydrogen-bond acceptors (Lipinski definition) is 8. The first-order chi connectivity index (χ1) is 22.5. The number of carbonyl (C=O) groups is 1. The van der Waals surface area contributed by atoms with Crippen LogP contribution in [0.25, 0.3) is 0 Å². The molecule has 248 valence electrons. The molecular weight excluding hydrogens is 636 g/mol. The Morgan fingerprint density at radius 2 is 1.98 bits per heavy atom. The molecular formula is C36H41ClN4O5S. The first-order valence-electron chi connectivity index (χ1n) is 16.5. The highest BCUT2D eigenvalue weighted by Crippen LogP contribution is 2.50. The minimum atomic E-state index is -4.00. The van der Waals surface area contributed by atoms with Crippen LogP contribution in [-0.4, -0.2) is 54.6 Å². The van der Waals surface area contributed by atoms with E-state index in [4.69, 9.17) is 16.3 Å². The van der Waals surface area contributed by atoms with E-state index in [1.807, 2.05) is 19.1 Å². The van der Waals surface area contributed by atoms with Crippen molar-refractivity contribution in [1.29, 1.82) is 0 Å². The second-order valence-electron chi connectivity index (χ2n) is 14.0. The van der Waals surface area contributed by atoms with Crippen molar-refractivity contribution in [2.45, 2.75) is 68.6 Å². The highest BCUT2D eigenvalue weighted by molar-refractivity contribution is 7.90. The number of fused-ring (bicyclic) bond motifs is 4. The van der Waals surface area contributed by atoms with E-state index in [1.165, 1.54) is 11.1 Å². The number of nitrogens with one attached hydrogen (secondary N) is 1. The van der Waals surface area contributed by atoms with E-state index in [0.717, 1.165) is 37.8 Å². The van der Waals surface area contributed by atoms with Gasteiger partial charge in [-0.25, -0.2) is 13.1 Å². The monoisotopic (exact) mass is 676 g/mol. The molecule has 0 radical (unpaired) electrons. The van der Waals surface area contributed by atoms with Crippen LogP contribution in [0.15, 0.2) is 66.9 Å². The van der Waals surface area contributed by atoms with Crippen LogP contribution in [0.3, 0.4) is 0 Å². The van der Waals surface area contributed by atoms with Crippen molar-refractivity contribution in [2.75, 3.05) is 24.6 Å². The molecule has 2 N–H and O–H groups in total. The van der Waals surface area contributed by atoms with E-state index in [-0.39, 0.29) is 28.7 Å². The van der Waals surface area contributed by atoms with Crippen LogP contribution < -0.4 is 14.4 Å². The van der Waals surface area contributed by atoms with Gasteiger partial charge in [-0.1, -0.05) is 36.7 Å². The van der Waals surface area contributed by atoms with Crippen LogP contribution in [0.2, 0.25) is 5.02 Å². The van der Waals surface area contributed by atoms with E-state index in [1.54, 1.807) is 49.5 Å². The average Bonchev–Trinajstić information content (AvgIpc) is 3.19. The number of rotatable bonds is 1. The Kier molecular flexibility index (Phi) is 8.33. The summed E-state index contributed by atoms with van der Waals surface area (Å²) in [4.78, 5) is 15.8. The number of allylic oxidation sites excluding steroid dienone is 1. The lowest BCUT2D eigenvalue weighted by molar-refractivity contribution is -0.0535. The van der Waals surface area contributed by atoms with Crippen LogP contribution in [-0.2, 0) is 27.5 Å². The van der Waals surface area contributed by atoms with E-state index < -0.39 is 26.8 Å². The lowest BCUT2D eigenvalue weighted by Crippen LogP contribution is -2.51. The summed E-state index contributed by atoms with van der Waals surface area (Å²) >= 11 is 6.43. The summed E-state index contributed by atoms with van der Waals surface area (Å²) in [5, 5.41) is 20.7. The number of anilines is 1. The zero-order valence-electron chi connectivity index (χ0n) is 26.7. The number of hydrogen-bond donors (Lipinski definition) is 2. The molecule has 1 spiro atoms. The van der Waals surface area contributed by atoms with Crippen molar-refractivity contribution in [3.05, 3.63) is 94.3 Å². The maximum atomic E-state index is 13.5. The predicted octanol–water partition coefficient (Wildman–Crippen LogP) is 5.56. The first kappa shape index (κ1) is 32.1. The van der Waals surface area contributed by atoms with Gasteiger partial charge < -0.3 is 14.7 Å². The molecule has 1 fully saturated rings. The number of aryl methyl sites for hydroxylation is 1. The van der Waals surface area contributed by atoms with Crippen molar-refractivity contribution in [3.63, 3.8) is 0 Å². The first-order valence-corrected chi connectivity index (χ1v) is 18.5. The molecule has 2 bridgehead atoms. The number of halogens is 1. The minimum Gasteiger partial charge on any atom is -0.490 e. The molecule has 0 unspecified atom stereocenters. The molecule has 3 heterocycles. The van der Waals surface area contributed by atoms with Gasteiger partial charge in [-0.05, 0) is 111 Å². The zero-order valence-corrected chi connectivity index (χ0v) is 28.3. The molecule has 47 heavy (non-hydrogen) atoms. The highest BCUT2D eigenvalue weighted by atomic mass is 35.5. The molecule has 7 rings (SSSR count). The van der Waals surface area contributed by atoms with Crippen molar-refractivity contribution in [1.82, 2.24) is 14.9 Å². The van der Waals surface area contributed by atoms with Crippen LogP contribution in [0.5, 0.6) is 5.75 Å². The van der Waals surface area contributed by atoms with Crippen LogP contribution in [0.1, 0.15) is 73.1 Å². The van der Waals surface area contributed by atoms with Gasteiger partial charge in [0.25, 0.3) is 5.91 Å². The molecule has 1 saturated carbocycles. The predicted molar refractivity (Wildman–Crippen MR) is 181 cm³/mol. The number of aliphatic hydroxyl groups is 1. The van der Waals surface area contributed by atoms with Gasteiger partial charge in [-0.15, -0.1) is 0 Å². The van der Waals surface area contributed by atoms with E-state index in [2.05, 4.69) is 32.0 Å². The molecule has 9 nitrogen and oxygen atoms in total. The topological polar surface area (TPSA) is 122 Å². The summed E-state index contributed by atoms with van der Waals surface area (Å²) in [6.45, 7) is 5.14. The lowest BCUT2D eigenvalue weighted by atomic mass is 9.63. The third-order valence-electron chi connectivity index (χ3n) is 11.1. The smallest absolute Gasteiger partial charge is 0.264 e. The van der Waals surface area contributed by atoms with Gasteiger partial charge in [-0.2, -0.15) is 10.2 Å². The Balaban J connectivity index is 1.35. The van der Waals surface area contributed by atoms with Gasteiger partial charge in [0.1, 0.15) is 11.4 Å². The van der Waals surface area contributed by atoms with Gasteiger partial charge in [-0.3, -0.25) is 4.79 Å². The Labute approximate surface area is 281 Å². The van der Waals surface area contributed by atoms with E-state index in [9.17, 15) is 18.3 Å². The Bertz CT molecular complexity index is 1820. The number of aromatic nitrogens is 2. The SMILES string of the molecule is C[C@@H]1[C@@H](C)C/C=C/[C@@](O)(c2cccnn2)[C@@H]2CC[C@H]2CN2C[C@@]3(CCCc4cc(Cl)ccc43)COc3ccc(cc32)C(=O)NS1(=O)=O. The van der Waals surface area contributed by atoms with Crippen molar-refractivity contribution < 1.29 is 23.1 Å². The fourth-order valence-electron chi connectivity index (χ4n) is 8.06. The zero-order chi connectivity index (χ0) is 33.0. The van der Waals surface area contributed by atoms with Gasteiger partial charge in [0.05, 0.1) is 23.2 Å². The third kappa shape index (κ3) is 5.82. The molecule has 0 saturated heterocycles. The summed E-state index contributed by atoms with van der Waals surface area (Å²) < 4.78 is 35.7. The average molecular weight is 677 g/mol. The van der Waals surface area contributed by atoms with Crippen LogP contribution in [0.4, 0.5) is 5.69 Å². The minimum absolute atomic E-state index is 0.102. The Hall–Kier alpha value is -3.47. The maximum Gasteiger partial charge on any atom is 0.264 e. The maximum absolute atomic E-state index is 13.5. The van der Waals surface area contributed by atoms with Gasteiger partial charge in [0, 0.05) is 41.2 Å². The number of carbonyl (C=O) groups excluding carboxylic acids is 1. The second kappa shape index (κ2) is 12.2. The number of benzene rings is 2.